The molecule has 3 heteroatoms. The van der Waals surface area contributed by atoms with Crippen LogP contribution in [0.2, 0.25) is 0 Å². The Labute approximate surface area is 116 Å². The van der Waals surface area contributed by atoms with Gasteiger partial charge in [-0.15, -0.1) is 0 Å². The Hall–Kier alpha value is -0.726. The minimum atomic E-state index is 0. The maximum atomic E-state index is 4.54. The van der Waals surface area contributed by atoms with Crippen molar-refractivity contribution in [3.05, 3.63) is 35.2 Å². The summed E-state index contributed by atoms with van der Waals surface area (Å²) in [5.74, 6) is 0. The summed E-state index contributed by atoms with van der Waals surface area (Å²) in [5, 5.41) is 4.54. The molecule has 0 aliphatic heterocycles. The van der Waals surface area contributed by atoms with Crippen molar-refractivity contribution in [2.24, 2.45) is 7.05 Å². The second-order valence-corrected chi connectivity index (χ2v) is 4.13. The molecule has 17 heavy (non-hydrogen) atoms. The molecular weight excluding hydrogens is 247 g/mol. The minimum absolute atomic E-state index is 0. The largest absolute Gasteiger partial charge is 0.275 e. The van der Waals surface area contributed by atoms with Gasteiger partial charge in [0.25, 0.3) is 0 Å². The van der Waals surface area contributed by atoms with E-state index in [9.17, 15) is 0 Å². The van der Waals surface area contributed by atoms with Crippen molar-refractivity contribution in [2.75, 3.05) is 0 Å². The summed E-state index contributed by atoms with van der Waals surface area (Å²) < 4.78 is 1.93. The van der Waals surface area contributed by atoms with Crippen LogP contribution in [-0.4, -0.2) is 9.78 Å². The zero-order valence-electron chi connectivity index (χ0n) is 10.9. The molecule has 91 valence electrons. The number of aryl methyl sites for hydroxylation is 2. The van der Waals surface area contributed by atoms with Gasteiger partial charge in [0.1, 0.15) is 0 Å². The fourth-order valence-electron chi connectivity index (χ4n) is 2.45. The number of hydrogen-bond donors (Lipinski definition) is 0. The smallest absolute Gasteiger partial charge is 0.0954 e. The first kappa shape index (κ1) is 14.3. The fourth-order valence-corrected chi connectivity index (χ4v) is 2.45. The predicted octanol–water partition coefficient (Wildman–Crippen LogP) is 3.49. The summed E-state index contributed by atoms with van der Waals surface area (Å²) in [7, 11) is 2.01. The average Bonchev–Trinajstić information content (AvgIpc) is 2.72. The molecule has 1 radical (unpaired) electrons. The van der Waals surface area contributed by atoms with Crippen molar-refractivity contribution in [3.8, 4) is 0 Å². The van der Waals surface area contributed by atoms with Crippen LogP contribution in [0.3, 0.4) is 0 Å². The zero-order valence-corrected chi connectivity index (χ0v) is 12.3. The Balaban J connectivity index is 0.000000459. The van der Waals surface area contributed by atoms with E-state index in [0.29, 0.717) is 0 Å². The molecule has 0 spiro atoms. The molecule has 0 saturated carbocycles. The van der Waals surface area contributed by atoms with Crippen molar-refractivity contribution in [2.45, 2.75) is 39.5 Å². The molecule has 2 nitrogen and oxygen atoms in total. The van der Waals surface area contributed by atoms with E-state index in [1.54, 1.807) is 5.57 Å². The zero-order chi connectivity index (χ0) is 11.5. The van der Waals surface area contributed by atoms with E-state index in [4.69, 9.17) is 0 Å². The van der Waals surface area contributed by atoms with Gasteiger partial charge >= 0.3 is 0 Å². The van der Waals surface area contributed by atoms with Crippen molar-refractivity contribution in [1.82, 2.24) is 9.78 Å². The average molecular weight is 267 g/mol. The molecule has 3 rings (SSSR count). The van der Waals surface area contributed by atoms with Gasteiger partial charge in [0.2, 0.25) is 0 Å². The van der Waals surface area contributed by atoms with Gasteiger partial charge in [-0.2, -0.15) is 5.10 Å². The van der Waals surface area contributed by atoms with Crippen molar-refractivity contribution < 1.29 is 18.6 Å². The molecule has 0 unspecified atom stereocenters. The number of allylic oxidation sites excluding steroid dienone is 4. The van der Waals surface area contributed by atoms with Crippen LogP contribution in [0.4, 0.5) is 0 Å². The van der Waals surface area contributed by atoms with Crippen LogP contribution in [0.15, 0.2) is 23.9 Å². The van der Waals surface area contributed by atoms with E-state index in [1.807, 2.05) is 25.6 Å². The van der Waals surface area contributed by atoms with E-state index >= 15 is 0 Å². The standard InChI is InChI=1S/C12H14N2.C2H6.V/c1-14-8-10-7-6-9-4-2-3-5-11(9)12(10)13-14;1-2;/h3,5,8H,2,4,6-7H2,1H3;1-2H3;. The monoisotopic (exact) mass is 267 g/mol. The Morgan fingerprint density at radius 1 is 1.18 bits per heavy atom. The van der Waals surface area contributed by atoms with Gasteiger partial charge in [-0.3, -0.25) is 4.68 Å². The van der Waals surface area contributed by atoms with E-state index < -0.39 is 0 Å². The van der Waals surface area contributed by atoms with Gasteiger partial charge in [-0.25, -0.2) is 0 Å². The van der Waals surface area contributed by atoms with Crippen LogP contribution in [0.25, 0.3) is 5.57 Å². The molecular formula is C14H20N2V. The number of aromatic nitrogens is 2. The third-order valence-electron chi connectivity index (χ3n) is 3.13. The normalized spacial score (nSPS) is 16.4. The summed E-state index contributed by atoms with van der Waals surface area (Å²) in [6.45, 7) is 4.00. The molecule has 0 bridgehead atoms. The van der Waals surface area contributed by atoms with Gasteiger partial charge in [0.05, 0.1) is 5.69 Å². The molecule has 1 aromatic rings. The predicted molar refractivity (Wildman–Crippen MR) is 68.2 cm³/mol. The molecule has 0 aromatic carbocycles. The molecule has 0 atom stereocenters. The van der Waals surface area contributed by atoms with Crippen LogP contribution in [0.1, 0.15) is 44.4 Å². The maximum Gasteiger partial charge on any atom is 0.0954 e. The molecule has 0 amide bonds. The van der Waals surface area contributed by atoms with Gasteiger partial charge < -0.3 is 0 Å². The molecule has 2 aliphatic rings. The van der Waals surface area contributed by atoms with Crippen LogP contribution >= 0.6 is 0 Å². The number of rotatable bonds is 0. The third kappa shape index (κ3) is 2.75. The molecule has 1 aromatic heterocycles. The van der Waals surface area contributed by atoms with Crippen LogP contribution in [0, 0.1) is 0 Å². The van der Waals surface area contributed by atoms with Gasteiger partial charge in [0.15, 0.2) is 0 Å². The number of hydrogen-bond acceptors (Lipinski definition) is 1. The second-order valence-electron chi connectivity index (χ2n) is 4.13. The molecule has 0 fully saturated rings. The van der Waals surface area contributed by atoms with Crippen LogP contribution in [0.5, 0.6) is 0 Å². The summed E-state index contributed by atoms with van der Waals surface area (Å²) in [4.78, 5) is 0. The Kier molecular flexibility index (Phi) is 5.29. The first-order valence-electron chi connectivity index (χ1n) is 6.26. The molecule has 1 heterocycles. The maximum absolute atomic E-state index is 4.54. The summed E-state index contributed by atoms with van der Waals surface area (Å²) in [6.07, 6.45) is 11.5. The first-order chi connectivity index (χ1) is 7.84. The summed E-state index contributed by atoms with van der Waals surface area (Å²) >= 11 is 0. The fraction of sp³-hybridized carbons (Fsp3) is 0.500. The molecule has 2 aliphatic carbocycles. The third-order valence-corrected chi connectivity index (χ3v) is 3.13. The summed E-state index contributed by atoms with van der Waals surface area (Å²) in [6, 6.07) is 0. The summed E-state index contributed by atoms with van der Waals surface area (Å²) in [5.41, 5.74) is 5.65. The van der Waals surface area contributed by atoms with E-state index in [2.05, 4.69) is 23.4 Å². The van der Waals surface area contributed by atoms with E-state index in [-0.39, 0.29) is 18.6 Å². The van der Waals surface area contributed by atoms with Crippen LogP contribution < -0.4 is 0 Å². The first-order valence-corrected chi connectivity index (χ1v) is 6.26. The SMILES string of the molecule is CC.Cn1cc2c(n1)C1=C(CCC=C1)CC2.[V]. The van der Waals surface area contributed by atoms with Gasteiger partial charge in [-0.1, -0.05) is 31.6 Å². The number of nitrogens with zero attached hydrogens (tertiary/aromatic N) is 2. The van der Waals surface area contributed by atoms with Crippen molar-refractivity contribution >= 4 is 5.57 Å². The minimum Gasteiger partial charge on any atom is -0.275 e. The molecule has 0 saturated heterocycles. The van der Waals surface area contributed by atoms with E-state index in [1.165, 1.54) is 42.5 Å². The Bertz CT molecular complexity index is 441. The van der Waals surface area contributed by atoms with Gasteiger partial charge in [-0.05, 0) is 31.2 Å². The topological polar surface area (TPSA) is 17.8 Å². The van der Waals surface area contributed by atoms with E-state index in [0.717, 1.165) is 0 Å². The molecule has 0 N–H and O–H groups in total. The van der Waals surface area contributed by atoms with Crippen molar-refractivity contribution in [3.63, 3.8) is 0 Å². The second kappa shape index (κ2) is 6.27. The Morgan fingerprint density at radius 3 is 2.71 bits per heavy atom. The number of fused-ring (bicyclic) bond motifs is 2. The van der Waals surface area contributed by atoms with Crippen molar-refractivity contribution in [1.29, 1.82) is 0 Å². The quantitative estimate of drug-likeness (QED) is 0.703. The van der Waals surface area contributed by atoms with Gasteiger partial charge in [0, 0.05) is 37.4 Å². The Morgan fingerprint density at radius 2 is 1.94 bits per heavy atom. The van der Waals surface area contributed by atoms with Crippen LogP contribution in [-0.2, 0) is 32.0 Å².